The van der Waals surface area contributed by atoms with E-state index in [4.69, 9.17) is 0 Å². The van der Waals surface area contributed by atoms with Crippen molar-refractivity contribution in [2.24, 2.45) is 11.5 Å². The van der Waals surface area contributed by atoms with Gasteiger partial charge >= 0.3 is 35.9 Å². The number of hydrogen-bond acceptors (Lipinski definition) is 6. The predicted molar refractivity (Wildman–Crippen MR) is 249 cm³/mol. The number of aromatic carboxylic acids is 4. The number of nitrogens with two attached hydrogens (primary N) is 2. The van der Waals surface area contributed by atoms with E-state index in [2.05, 4.69) is 25.3 Å². The van der Waals surface area contributed by atoms with Crippen LogP contribution >= 0.6 is 0 Å². The monoisotopic (exact) mass is 867 g/mol. The van der Waals surface area contributed by atoms with Gasteiger partial charge in [0.15, 0.2) is 0 Å². The molecule has 5 rings (SSSR count). The number of amides is 4. The molecule has 0 aliphatic rings. The van der Waals surface area contributed by atoms with E-state index in [-0.39, 0.29) is 33.0 Å². The van der Waals surface area contributed by atoms with Gasteiger partial charge in [-0.2, -0.15) is 0 Å². The topological polar surface area (TPSA) is 247 Å². The van der Waals surface area contributed by atoms with Crippen LogP contribution in [0, 0.1) is 0 Å². The summed E-state index contributed by atoms with van der Waals surface area (Å²) in [5, 5.41) is 47.4. The minimum atomic E-state index is -1.25. The second kappa shape index (κ2) is 24.6. The SMILES string of the molecule is CCCCCCCCCCCCc1c(C(=O)O)c2c(C(=O)O)ccc3c4ccc(C(=O)O)c5c(C(=O)O)ccc(c(c1CCCCCCCCCCCC)c23)c54.NC(=O)NC(N)=O. The van der Waals surface area contributed by atoms with Crippen molar-refractivity contribution in [1.82, 2.24) is 5.32 Å². The molecule has 13 heteroatoms. The summed E-state index contributed by atoms with van der Waals surface area (Å²) in [5.41, 5.74) is 10.1. The molecule has 0 saturated carbocycles. The van der Waals surface area contributed by atoms with Gasteiger partial charge in [-0.15, -0.1) is 0 Å². The second-order valence-electron chi connectivity index (χ2n) is 16.6. The highest BCUT2D eigenvalue weighted by Gasteiger charge is 2.30. The van der Waals surface area contributed by atoms with Crippen molar-refractivity contribution in [3.8, 4) is 0 Å². The number of fused-ring (bicyclic) bond motifs is 2. The molecule has 4 amide bonds. The number of benzene rings is 5. The molecule has 0 atom stereocenters. The lowest BCUT2D eigenvalue weighted by Crippen LogP contribution is -2.38. The van der Waals surface area contributed by atoms with E-state index >= 15 is 0 Å². The number of rotatable bonds is 26. The third-order valence-electron chi connectivity index (χ3n) is 12.1. The number of carboxylic acid groups (broad SMARTS) is 4. The number of unbranched alkanes of at least 4 members (excludes halogenated alkanes) is 18. The molecule has 0 aliphatic carbocycles. The van der Waals surface area contributed by atoms with Gasteiger partial charge in [0.1, 0.15) is 0 Å². The Hall–Kier alpha value is -5.98. The number of carbonyl (C=O) groups excluding carboxylic acids is 2. The summed E-state index contributed by atoms with van der Waals surface area (Å²) in [7, 11) is 0. The molecule has 0 spiro atoms. The third kappa shape index (κ3) is 12.8. The number of urea groups is 2. The molecule has 63 heavy (non-hydrogen) atoms. The maximum Gasteiger partial charge on any atom is 0.336 e. The van der Waals surface area contributed by atoms with E-state index in [1.54, 1.807) is 23.5 Å². The summed E-state index contributed by atoms with van der Waals surface area (Å²) in [4.78, 5) is 70.7. The molecule has 0 aliphatic heterocycles. The van der Waals surface area contributed by atoms with Crippen LogP contribution in [0.4, 0.5) is 9.59 Å². The van der Waals surface area contributed by atoms with Gasteiger partial charge in [0.25, 0.3) is 0 Å². The van der Waals surface area contributed by atoms with E-state index < -0.39 is 35.9 Å². The van der Waals surface area contributed by atoms with Crippen LogP contribution in [-0.4, -0.2) is 56.4 Å². The number of imide groups is 1. The molecule has 0 fully saturated rings. The van der Waals surface area contributed by atoms with Crippen molar-refractivity contribution in [3.05, 3.63) is 69.8 Å². The third-order valence-corrected chi connectivity index (χ3v) is 12.1. The lowest BCUT2D eigenvalue weighted by atomic mass is 9.78. The van der Waals surface area contributed by atoms with Crippen LogP contribution < -0.4 is 16.8 Å². The highest BCUT2D eigenvalue weighted by molar-refractivity contribution is 6.39. The summed E-state index contributed by atoms with van der Waals surface area (Å²) in [6.07, 6.45) is 23.7. The van der Waals surface area contributed by atoms with Gasteiger partial charge in [0.2, 0.25) is 0 Å². The van der Waals surface area contributed by atoms with Gasteiger partial charge in [-0.3, -0.25) is 5.32 Å². The lowest BCUT2D eigenvalue weighted by molar-refractivity contribution is 0.0680. The standard InChI is InChI=1S/C48H60O8.C2H5N3O2/c1-3-5-7-9-11-13-15-17-19-21-23-31-32(24-22-20-18-16-14-12-10-8-6-4-2)44(48(55)56)43-38(47(53)54)29-26-34-33-25-28-36(45(49)50)41-37(46(51)52)30-27-35(39(33)41)40(31)42(34)43;3-1(6)5-2(4)7/h25-30H,3-24H2,1-2H3,(H,49,50)(H,51,52)(H,53,54)(H,55,56);(H5,3,4,5,6,7). The van der Waals surface area contributed by atoms with Crippen molar-refractivity contribution in [2.45, 2.75) is 155 Å². The molecular weight excluding hydrogens is 803 g/mol. The molecule has 0 aromatic heterocycles. The van der Waals surface area contributed by atoms with Crippen LogP contribution in [0.2, 0.25) is 0 Å². The fourth-order valence-electron chi connectivity index (χ4n) is 9.20. The zero-order chi connectivity index (χ0) is 46.1. The summed E-state index contributed by atoms with van der Waals surface area (Å²) in [6.45, 7) is 4.44. The molecular formula is C50H65N3O10. The normalized spacial score (nSPS) is 11.3. The van der Waals surface area contributed by atoms with E-state index in [1.807, 2.05) is 0 Å². The number of carbonyl (C=O) groups is 6. The van der Waals surface area contributed by atoms with Gasteiger partial charge in [-0.05, 0) is 87.3 Å². The number of carboxylic acids is 4. The van der Waals surface area contributed by atoms with E-state index in [1.165, 1.54) is 95.2 Å². The summed E-state index contributed by atoms with van der Waals surface area (Å²) >= 11 is 0. The van der Waals surface area contributed by atoms with Crippen molar-refractivity contribution in [2.75, 3.05) is 0 Å². The smallest absolute Gasteiger partial charge is 0.336 e. The Kier molecular flexibility index (Phi) is 19.4. The second-order valence-corrected chi connectivity index (χ2v) is 16.6. The maximum absolute atomic E-state index is 13.5. The van der Waals surface area contributed by atoms with Gasteiger partial charge < -0.3 is 31.9 Å². The Morgan fingerprint density at radius 1 is 0.397 bits per heavy atom. The zero-order valence-electron chi connectivity index (χ0n) is 36.9. The van der Waals surface area contributed by atoms with Crippen LogP contribution in [0.1, 0.15) is 195 Å². The predicted octanol–water partition coefficient (Wildman–Crippen LogP) is 12.2. The fourth-order valence-corrected chi connectivity index (χ4v) is 9.20. The quantitative estimate of drug-likeness (QED) is 0.0157. The zero-order valence-corrected chi connectivity index (χ0v) is 36.9. The Labute approximate surface area is 368 Å². The molecule has 340 valence electrons. The largest absolute Gasteiger partial charge is 0.478 e. The molecule has 0 unspecified atom stereocenters. The number of hydrogen-bond donors (Lipinski definition) is 7. The Balaban J connectivity index is 0.00000115. The van der Waals surface area contributed by atoms with Gasteiger partial charge in [-0.25, -0.2) is 28.8 Å². The fraction of sp³-hybridized carbons (Fsp3) is 0.480. The molecule has 0 radical (unpaired) electrons. The first kappa shape index (κ1) is 49.7. The highest BCUT2D eigenvalue weighted by Crippen LogP contribution is 2.47. The molecule has 0 heterocycles. The first-order chi connectivity index (χ1) is 30.3. The van der Waals surface area contributed by atoms with Gasteiger partial charge in [0, 0.05) is 10.8 Å². The maximum atomic E-state index is 13.5. The van der Waals surface area contributed by atoms with Crippen LogP contribution in [-0.2, 0) is 12.8 Å². The van der Waals surface area contributed by atoms with E-state index in [0.29, 0.717) is 50.7 Å². The van der Waals surface area contributed by atoms with Crippen LogP contribution in [0.15, 0.2) is 36.4 Å². The molecule has 9 N–H and O–H groups in total. The van der Waals surface area contributed by atoms with Crippen molar-refractivity contribution in [1.29, 1.82) is 0 Å². The summed E-state index contributed by atoms with van der Waals surface area (Å²) in [5.74, 6) is -4.89. The molecule has 0 bridgehead atoms. The van der Waals surface area contributed by atoms with Crippen molar-refractivity contribution >= 4 is 79.0 Å². The average Bonchev–Trinajstić information content (AvgIpc) is 3.23. The molecule has 0 saturated heterocycles. The number of primary amides is 2. The first-order valence-corrected chi connectivity index (χ1v) is 22.8. The van der Waals surface area contributed by atoms with Gasteiger partial charge in [0.05, 0.1) is 22.3 Å². The summed E-state index contributed by atoms with van der Waals surface area (Å²) < 4.78 is 0. The van der Waals surface area contributed by atoms with Crippen LogP contribution in [0.25, 0.3) is 43.1 Å². The van der Waals surface area contributed by atoms with E-state index in [9.17, 15) is 49.2 Å². The summed E-state index contributed by atoms with van der Waals surface area (Å²) in [6, 6.07) is 7.40. The minimum absolute atomic E-state index is 0.0324. The van der Waals surface area contributed by atoms with Crippen LogP contribution in [0.5, 0.6) is 0 Å². The number of aryl methyl sites for hydroxylation is 1. The minimum Gasteiger partial charge on any atom is -0.478 e. The average molecular weight is 868 g/mol. The van der Waals surface area contributed by atoms with Crippen molar-refractivity contribution < 1.29 is 49.2 Å². The number of nitrogens with one attached hydrogen (secondary N) is 1. The molecule has 13 nitrogen and oxygen atoms in total. The highest BCUT2D eigenvalue weighted by atomic mass is 16.4. The first-order valence-electron chi connectivity index (χ1n) is 22.8. The van der Waals surface area contributed by atoms with Crippen LogP contribution in [0.3, 0.4) is 0 Å². The Morgan fingerprint density at radius 3 is 1.11 bits per heavy atom. The lowest BCUT2D eigenvalue weighted by Gasteiger charge is -2.24. The van der Waals surface area contributed by atoms with Gasteiger partial charge in [-0.1, -0.05) is 148 Å². The van der Waals surface area contributed by atoms with E-state index in [0.717, 1.165) is 56.9 Å². The Morgan fingerprint density at radius 2 is 0.746 bits per heavy atom. The Bertz CT molecular complexity index is 2370. The molecule has 5 aromatic carbocycles. The van der Waals surface area contributed by atoms with Crippen molar-refractivity contribution in [3.63, 3.8) is 0 Å². The molecule has 5 aromatic rings.